The molecule has 3 aromatic heterocycles. The fourth-order valence-electron chi connectivity index (χ4n) is 3.95. The maximum absolute atomic E-state index is 13.6. The smallest absolute Gasteiger partial charge is 0.268 e. The Morgan fingerprint density at radius 1 is 1.16 bits per heavy atom. The number of nitrogens with one attached hydrogen (secondary N) is 1. The van der Waals surface area contributed by atoms with Gasteiger partial charge in [0, 0.05) is 22.8 Å². The summed E-state index contributed by atoms with van der Waals surface area (Å²) in [4.78, 5) is 31.1. The maximum atomic E-state index is 13.6. The van der Waals surface area contributed by atoms with Crippen LogP contribution in [0.3, 0.4) is 0 Å². The lowest BCUT2D eigenvalue weighted by atomic mass is 10.1. The Morgan fingerprint density at radius 3 is 2.59 bits per heavy atom. The van der Waals surface area contributed by atoms with Crippen LogP contribution in [-0.4, -0.2) is 31.1 Å². The van der Waals surface area contributed by atoms with E-state index in [9.17, 15) is 9.59 Å². The van der Waals surface area contributed by atoms with E-state index in [0.717, 1.165) is 16.9 Å². The quantitative estimate of drug-likeness (QED) is 0.501. The van der Waals surface area contributed by atoms with Crippen LogP contribution in [0, 0.1) is 27.7 Å². The number of amides is 1. The van der Waals surface area contributed by atoms with E-state index in [1.165, 1.54) is 16.9 Å². The fourth-order valence-corrected chi connectivity index (χ4v) is 4.87. The van der Waals surface area contributed by atoms with Crippen LogP contribution in [-0.2, 0) is 11.2 Å². The molecule has 0 radical (unpaired) electrons. The SMILES string of the molecule is Cc1ccc(-n2nc(-c3c(C)nc4scc(CC(=O)NC(C)C)n4c3=O)cc2C)c(C)c1. The average Bonchev–Trinajstić information content (AvgIpc) is 3.25. The molecule has 0 aliphatic carbocycles. The number of aromatic nitrogens is 4. The molecule has 8 heteroatoms. The minimum absolute atomic E-state index is 0.0391. The van der Waals surface area contributed by atoms with Crippen LogP contribution < -0.4 is 10.9 Å². The van der Waals surface area contributed by atoms with Gasteiger partial charge in [-0.1, -0.05) is 17.7 Å². The monoisotopic (exact) mass is 449 g/mol. The van der Waals surface area contributed by atoms with Gasteiger partial charge in [-0.2, -0.15) is 5.10 Å². The summed E-state index contributed by atoms with van der Waals surface area (Å²) < 4.78 is 3.40. The normalized spacial score (nSPS) is 11.5. The van der Waals surface area contributed by atoms with Gasteiger partial charge in [-0.25, -0.2) is 9.67 Å². The number of fused-ring (bicyclic) bond motifs is 1. The molecule has 0 aliphatic rings. The minimum atomic E-state index is -0.202. The van der Waals surface area contributed by atoms with Gasteiger partial charge in [0.1, 0.15) is 5.69 Å². The van der Waals surface area contributed by atoms with Crippen molar-refractivity contribution in [2.24, 2.45) is 0 Å². The van der Waals surface area contributed by atoms with Gasteiger partial charge >= 0.3 is 0 Å². The topological polar surface area (TPSA) is 81.3 Å². The van der Waals surface area contributed by atoms with Gasteiger partial charge < -0.3 is 5.32 Å². The van der Waals surface area contributed by atoms with Crippen molar-refractivity contribution >= 4 is 22.2 Å². The van der Waals surface area contributed by atoms with Crippen LogP contribution in [0.25, 0.3) is 21.9 Å². The van der Waals surface area contributed by atoms with Crippen molar-refractivity contribution in [3.05, 3.63) is 68.2 Å². The number of benzene rings is 1. The third-order valence-corrected chi connectivity index (χ3v) is 6.21. The van der Waals surface area contributed by atoms with Gasteiger partial charge in [0.2, 0.25) is 5.91 Å². The number of nitrogens with zero attached hydrogens (tertiary/aromatic N) is 4. The second-order valence-electron chi connectivity index (χ2n) is 8.49. The zero-order valence-corrected chi connectivity index (χ0v) is 20.0. The number of hydrogen-bond acceptors (Lipinski definition) is 5. The summed E-state index contributed by atoms with van der Waals surface area (Å²) in [6, 6.07) is 8.16. The fraction of sp³-hybridized carbons (Fsp3) is 0.333. The predicted molar refractivity (Wildman–Crippen MR) is 128 cm³/mol. The summed E-state index contributed by atoms with van der Waals surface area (Å²) in [7, 11) is 0. The lowest BCUT2D eigenvalue weighted by molar-refractivity contribution is -0.120. The molecule has 7 nitrogen and oxygen atoms in total. The molecular weight excluding hydrogens is 422 g/mol. The number of thiazole rings is 1. The Labute approximate surface area is 190 Å². The van der Waals surface area contributed by atoms with Crippen LogP contribution in [0.15, 0.2) is 34.4 Å². The Kier molecular flexibility index (Phi) is 5.73. The molecule has 0 atom stereocenters. The van der Waals surface area contributed by atoms with E-state index in [1.54, 1.807) is 4.40 Å². The van der Waals surface area contributed by atoms with E-state index < -0.39 is 0 Å². The zero-order chi connectivity index (χ0) is 23.2. The average molecular weight is 450 g/mol. The zero-order valence-electron chi connectivity index (χ0n) is 19.2. The van der Waals surface area contributed by atoms with E-state index in [4.69, 9.17) is 5.10 Å². The molecule has 0 aliphatic heterocycles. The largest absolute Gasteiger partial charge is 0.354 e. The van der Waals surface area contributed by atoms with Crippen molar-refractivity contribution in [2.75, 3.05) is 0 Å². The molecule has 3 heterocycles. The first-order valence-corrected chi connectivity index (χ1v) is 11.5. The molecule has 0 unspecified atom stereocenters. The summed E-state index contributed by atoms with van der Waals surface area (Å²) >= 11 is 1.36. The van der Waals surface area contributed by atoms with Crippen molar-refractivity contribution in [1.82, 2.24) is 24.5 Å². The van der Waals surface area contributed by atoms with Gasteiger partial charge in [0.15, 0.2) is 4.96 Å². The Bertz CT molecular complexity index is 1390. The van der Waals surface area contributed by atoms with Crippen molar-refractivity contribution < 1.29 is 4.79 Å². The highest BCUT2D eigenvalue weighted by Gasteiger charge is 2.20. The van der Waals surface area contributed by atoms with Crippen LogP contribution in [0.1, 0.15) is 42.1 Å². The van der Waals surface area contributed by atoms with Crippen molar-refractivity contribution in [3.63, 3.8) is 0 Å². The second-order valence-corrected chi connectivity index (χ2v) is 9.33. The van der Waals surface area contributed by atoms with Gasteiger partial charge in [0.05, 0.1) is 23.4 Å². The number of carbonyl (C=O) groups excluding carboxylic acids is 1. The lowest BCUT2D eigenvalue weighted by Gasteiger charge is -2.09. The van der Waals surface area contributed by atoms with E-state index >= 15 is 0 Å². The summed E-state index contributed by atoms with van der Waals surface area (Å²) in [6.07, 6.45) is 0.123. The number of hydrogen-bond donors (Lipinski definition) is 1. The van der Waals surface area contributed by atoms with E-state index in [0.29, 0.717) is 27.6 Å². The minimum Gasteiger partial charge on any atom is -0.354 e. The van der Waals surface area contributed by atoms with Crippen LogP contribution >= 0.6 is 11.3 Å². The molecule has 0 spiro atoms. The highest BCUT2D eigenvalue weighted by atomic mass is 32.1. The molecule has 1 N–H and O–H groups in total. The van der Waals surface area contributed by atoms with Crippen LogP contribution in [0.5, 0.6) is 0 Å². The molecule has 32 heavy (non-hydrogen) atoms. The highest BCUT2D eigenvalue weighted by Crippen LogP contribution is 2.25. The molecule has 0 bridgehead atoms. The molecule has 0 fully saturated rings. The summed E-state index contributed by atoms with van der Waals surface area (Å²) in [5.41, 5.74) is 6.30. The first-order chi connectivity index (χ1) is 15.2. The molecule has 1 aromatic carbocycles. The molecule has 0 saturated heterocycles. The van der Waals surface area contributed by atoms with Gasteiger partial charge in [0.25, 0.3) is 5.56 Å². The van der Waals surface area contributed by atoms with Crippen molar-refractivity contribution in [1.29, 1.82) is 0 Å². The van der Waals surface area contributed by atoms with Crippen LogP contribution in [0.4, 0.5) is 0 Å². The summed E-state index contributed by atoms with van der Waals surface area (Å²) in [5, 5.41) is 9.47. The second kappa shape index (κ2) is 8.35. The highest BCUT2D eigenvalue weighted by molar-refractivity contribution is 7.15. The Morgan fingerprint density at radius 2 is 1.91 bits per heavy atom. The lowest BCUT2D eigenvalue weighted by Crippen LogP contribution is -2.32. The molecule has 166 valence electrons. The summed E-state index contributed by atoms with van der Waals surface area (Å²) in [5.74, 6) is -0.122. The van der Waals surface area contributed by atoms with E-state index in [2.05, 4.69) is 36.3 Å². The first-order valence-electron chi connectivity index (χ1n) is 10.6. The Balaban J connectivity index is 1.82. The predicted octanol–water partition coefficient (Wildman–Crippen LogP) is 3.91. The maximum Gasteiger partial charge on any atom is 0.268 e. The van der Waals surface area contributed by atoms with Crippen molar-refractivity contribution in [2.45, 2.75) is 54.0 Å². The molecular formula is C24H27N5O2S. The standard InChI is InChI=1S/C24H27N5O2S/c1-13(2)25-21(30)11-18-12-32-24-26-17(6)22(23(31)28(18)24)19-10-16(5)29(27-19)20-8-7-14(3)9-15(20)4/h7-10,12-13H,11H2,1-6H3,(H,25,30). The number of rotatable bonds is 5. The van der Waals surface area contributed by atoms with E-state index in [1.807, 2.05) is 49.9 Å². The molecule has 4 rings (SSSR count). The van der Waals surface area contributed by atoms with Gasteiger partial charge in [-0.3, -0.25) is 14.0 Å². The van der Waals surface area contributed by atoms with Crippen LogP contribution in [0.2, 0.25) is 0 Å². The number of aryl methyl sites for hydroxylation is 4. The third-order valence-electron chi connectivity index (χ3n) is 5.34. The molecule has 4 aromatic rings. The summed E-state index contributed by atoms with van der Waals surface area (Å²) in [6.45, 7) is 11.7. The van der Waals surface area contributed by atoms with Gasteiger partial charge in [-0.15, -0.1) is 11.3 Å². The van der Waals surface area contributed by atoms with E-state index in [-0.39, 0.29) is 23.9 Å². The Hall–Kier alpha value is -3.26. The van der Waals surface area contributed by atoms with Gasteiger partial charge in [-0.05, 0) is 59.2 Å². The third kappa shape index (κ3) is 3.98. The van der Waals surface area contributed by atoms with Crippen molar-refractivity contribution in [3.8, 4) is 16.9 Å². The molecule has 0 saturated carbocycles. The molecule has 1 amide bonds. The number of carbonyl (C=O) groups is 1. The first kappa shape index (κ1) is 22.0.